The molecule has 78 valence electrons. The molecular weight excluding hydrogens is 202 g/mol. The molecule has 0 fully saturated rings. The van der Waals surface area contributed by atoms with E-state index in [4.69, 9.17) is 5.73 Å². The molecule has 1 nitrogen and oxygen atoms in total. The van der Waals surface area contributed by atoms with Crippen molar-refractivity contribution in [3.63, 3.8) is 0 Å². The van der Waals surface area contributed by atoms with Gasteiger partial charge < -0.3 is 5.73 Å². The predicted molar refractivity (Wildman–Crippen MR) is 66.1 cm³/mol. The molecular formula is C13H15NS. The molecule has 2 aromatic rings. The zero-order valence-corrected chi connectivity index (χ0v) is 9.63. The lowest BCUT2D eigenvalue weighted by Gasteiger charge is -2.10. The first-order valence-electron chi connectivity index (χ1n) is 5.09. The summed E-state index contributed by atoms with van der Waals surface area (Å²) in [6.07, 6.45) is 0.915. The van der Waals surface area contributed by atoms with Gasteiger partial charge in [-0.25, -0.2) is 0 Å². The molecule has 2 heteroatoms. The van der Waals surface area contributed by atoms with Crippen LogP contribution < -0.4 is 5.73 Å². The van der Waals surface area contributed by atoms with Crippen LogP contribution in [0.15, 0.2) is 41.1 Å². The van der Waals surface area contributed by atoms with Crippen molar-refractivity contribution in [3.8, 4) is 0 Å². The lowest BCUT2D eigenvalue weighted by molar-refractivity contribution is 0.724. The Balaban J connectivity index is 2.09. The summed E-state index contributed by atoms with van der Waals surface area (Å²) in [6, 6.07) is 10.8. The van der Waals surface area contributed by atoms with E-state index in [-0.39, 0.29) is 6.04 Å². The molecule has 1 atom stereocenters. The molecule has 0 bridgehead atoms. The molecule has 0 saturated heterocycles. The van der Waals surface area contributed by atoms with Gasteiger partial charge in [-0.15, -0.1) is 0 Å². The normalized spacial score (nSPS) is 12.7. The van der Waals surface area contributed by atoms with E-state index in [0.29, 0.717) is 0 Å². The number of benzene rings is 1. The number of hydrogen-bond donors (Lipinski definition) is 1. The van der Waals surface area contributed by atoms with Gasteiger partial charge >= 0.3 is 0 Å². The molecule has 0 saturated carbocycles. The number of nitrogens with two attached hydrogens (primary N) is 1. The van der Waals surface area contributed by atoms with E-state index in [0.717, 1.165) is 6.42 Å². The third kappa shape index (κ3) is 2.67. The summed E-state index contributed by atoms with van der Waals surface area (Å²) < 4.78 is 0. The van der Waals surface area contributed by atoms with Crippen molar-refractivity contribution in [3.05, 3.63) is 57.8 Å². The van der Waals surface area contributed by atoms with E-state index in [9.17, 15) is 0 Å². The maximum atomic E-state index is 6.13. The van der Waals surface area contributed by atoms with Crippen LogP contribution in [0.1, 0.15) is 22.7 Å². The van der Waals surface area contributed by atoms with Crippen LogP contribution in [-0.2, 0) is 6.42 Å². The van der Waals surface area contributed by atoms with Crippen molar-refractivity contribution in [2.75, 3.05) is 0 Å². The van der Waals surface area contributed by atoms with E-state index < -0.39 is 0 Å². The van der Waals surface area contributed by atoms with Gasteiger partial charge in [0.25, 0.3) is 0 Å². The van der Waals surface area contributed by atoms with Gasteiger partial charge in [0, 0.05) is 6.04 Å². The number of thiophene rings is 1. The van der Waals surface area contributed by atoms with Gasteiger partial charge in [0.2, 0.25) is 0 Å². The summed E-state index contributed by atoms with van der Waals surface area (Å²) in [5.41, 5.74) is 9.98. The van der Waals surface area contributed by atoms with Gasteiger partial charge in [-0.3, -0.25) is 0 Å². The van der Waals surface area contributed by atoms with E-state index in [1.165, 1.54) is 16.7 Å². The summed E-state index contributed by atoms with van der Waals surface area (Å²) in [6.45, 7) is 2.11. The van der Waals surface area contributed by atoms with E-state index in [1.54, 1.807) is 11.3 Å². The lowest BCUT2D eigenvalue weighted by Crippen LogP contribution is -2.12. The topological polar surface area (TPSA) is 26.0 Å². The van der Waals surface area contributed by atoms with E-state index >= 15 is 0 Å². The van der Waals surface area contributed by atoms with E-state index in [2.05, 4.69) is 48.0 Å². The Morgan fingerprint density at radius 3 is 2.87 bits per heavy atom. The third-order valence-electron chi connectivity index (χ3n) is 2.51. The zero-order valence-electron chi connectivity index (χ0n) is 8.81. The molecule has 15 heavy (non-hydrogen) atoms. The Morgan fingerprint density at radius 2 is 2.20 bits per heavy atom. The minimum Gasteiger partial charge on any atom is -0.324 e. The standard InChI is InChI=1S/C13H15NS/c1-10-3-2-4-11(7-10)8-13(14)12-5-6-15-9-12/h2-7,9,13H,8,14H2,1H3. The fraction of sp³-hybridized carbons (Fsp3) is 0.231. The summed E-state index contributed by atoms with van der Waals surface area (Å²) in [4.78, 5) is 0. The van der Waals surface area contributed by atoms with Crippen LogP contribution in [0, 0.1) is 6.92 Å². The minimum atomic E-state index is 0.123. The van der Waals surface area contributed by atoms with Crippen LogP contribution in [0.2, 0.25) is 0 Å². The molecule has 1 aromatic heterocycles. The molecule has 0 aliphatic heterocycles. The molecule has 0 spiro atoms. The molecule has 0 amide bonds. The second kappa shape index (κ2) is 4.60. The second-order valence-electron chi connectivity index (χ2n) is 3.86. The monoisotopic (exact) mass is 217 g/mol. The van der Waals surface area contributed by atoms with Crippen molar-refractivity contribution in [2.24, 2.45) is 5.73 Å². The maximum Gasteiger partial charge on any atom is 0.0344 e. The first-order chi connectivity index (χ1) is 7.25. The number of aryl methyl sites for hydroxylation is 1. The lowest BCUT2D eigenvalue weighted by atomic mass is 10.0. The van der Waals surface area contributed by atoms with Crippen molar-refractivity contribution in [2.45, 2.75) is 19.4 Å². The fourth-order valence-electron chi connectivity index (χ4n) is 1.70. The molecule has 2 N–H and O–H groups in total. The Labute approximate surface area is 94.6 Å². The van der Waals surface area contributed by atoms with Crippen molar-refractivity contribution in [1.29, 1.82) is 0 Å². The first kappa shape index (κ1) is 10.4. The van der Waals surface area contributed by atoms with E-state index in [1.807, 2.05) is 0 Å². The first-order valence-corrected chi connectivity index (χ1v) is 6.03. The van der Waals surface area contributed by atoms with Crippen LogP contribution >= 0.6 is 11.3 Å². The van der Waals surface area contributed by atoms with Gasteiger partial charge in [-0.2, -0.15) is 11.3 Å². The van der Waals surface area contributed by atoms with Crippen molar-refractivity contribution < 1.29 is 0 Å². The number of rotatable bonds is 3. The molecule has 1 heterocycles. The summed E-state index contributed by atoms with van der Waals surface area (Å²) in [5.74, 6) is 0. The summed E-state index contributed by atoms with van der Waals surface area (Å²) in [7, 11) is 0. The Hall–Kier alpha value is -1.12. The highest BCUT2D eigenvalue weighted by Crippen LogP contribution is 2.18. The molecule has 2 rings (SSSR count). The van der Waals surface area contributed by atoms with Gasteiger partial charge in [-0.05, 0) is 41.3 Å². The van der Waals surface area contributed by atoms with Crippen LogP contribution in [0.4, 0.5) is 0 Å². The smallest absolute Gasteiger partial charge is 0.0344 e. The SMILES string of the molecule is Cc1cccc(CC(N)c2ccsc2)c1. The average Bonchev–Trinajstić information content (AvgIpc) is 2.70. The predicted octanol–water partition coefficient (Wildman–Crippen LogP) is 3.30. The van der Waals surface area contributed by atoms with Gasteiger partial charge in [0.1, 0.15) is 0 Å². The highest BCUT2D eigenvalue weighted by atomic mass is 32.1. The summed E-state index contributed by atoms with van der Waals surface area (Å²) >= 11 is 1.70. The van der Waals surface area contributed by atoms with Crippen molar-refractivity contribution >= 4 is 11.3 Å². The highest BCUT2D eigenvalue weighted by Gasteiger charge is 2.06. The van der Waals surface area contributed by atoms with Crippen LogP contribution in [0.3, 0.4) is 0 Å². The quantitative estimate of drug-likeness (QED) is 0.838. The largest absolute Gasteiger partial charge is 0.324 e. The Bertz CT molecular complexity index is 420. The van der Waals surface area contributed by atoms with Crippen LogP contribution in [0.25, 0.3) is 0 Å². The number of hydrogen-bond acceptors (Lipinski definition) is 2. The highest BCUT2D eigenvalue weighted by molar-refractivity contribution is 7.07. The van der Waals surface area contributed by atoms with Gasteiger partial charge in [-0.1, -0.05) is 29.8 Å². The molecule has 1 aromatic carbocycles. The fourth-order valence-corrected chi connectivity index (χ4v) is 2.42. The van der Waals surface area contributed by atoms with Crippen molar-refractivity contribution in [1.82, 2.24) is 0 Å². The second-order valence-corrected chi connectivity index (χ2v) is 4.64. The molecule has 0 aliphatic carbocycles. The molecule has 0 aliphatic rings. The Morgan fingerprint density at radius 1 is 1.33 bits per heavy atom. The van der Waals surface area contributed by atoms with Gasteiger partial charge in [0.05, 0.1) is 0 Å². The third-order valence-corrected chi connectivity index (χ3v) is 3.21. The Kier molecular flexibility index (Phi) is 3.19. The molecule has 0 radical (unpaired) electrons. The van der Waals surface area contributed by atoms with Crippen LogP contribution in [0.5, 0.6) is 0 Å². The average molecular weight is 217 g/mol. The van der Waals surface area contributed by atoms with Gasteiger partial charge in [0.15, 0.2) is 0 Å². The summed E-state index contributed by atoms with van der Waals surface area (Å²) in [5, 5.41) is 4.20. The minimum absolute atomic E-state index is 0.123. The maximum absolute atomic E-state index is 6.13. The van der Waals surface area contributed by atoms with Crippen LogP contribution in [-0.4, -0.2) is 0 Å². The molecule has 1 unspecified atom stereocenters. The zero-order chi connectivity index (χ0) is 10.7.